The number of ether oxygens (including phenoxy) is 3. The van der Waals surface area contributed by atoms with E-state index in [-0.39, 0.29) is 12.1 Å². The van der Waals surface area contributed by atoms with Gasteiger partial charge in [0.05, 0.1) is 19.8 Å². The van der Waals surface area contributed by atoms with Crippen molar-refractivity contribution in [1.82, 2.24) is 5.32 Å². The lowest BCUT2D eigenvalue weighted by atomic mass is 9.83. The monoisotopic (exact) mass is 355 g/mol. The molecule has 1 unspecified atom stereocenters. The lowest BCUT2D eigenvalue weighted by molar-refractivity contribution is -0.264. The standard InChI is InChI=1S/C21H25NO4/c1-3-24-20(23)22-16-12-14-6-4-7-17-18(9-8-15(13-16)19(14)17)21(2)25-10-5-11-26-21/h4,6-9,16H,3,5,10-13H2,1-2H3,(H,22,23). The van der Waals surface area contributed by atoms with Crippen molar-refractivity contribution in [2.45, 2.75) is 44.9 Å². The zero-order valence-corrected chi connectivity index (χ0v) is 15.3. The molecule has 0 spiro atoms. The first-order valence-electron chi connectivity index (χ1n) is 9.36. The fraction of sp³-hybridized carbons (Fsp3) is 0.476. The van der Waals surface area contributed by atoms with Crippen LogP contribution in [0.25, 0.3) is 10.8 Å². The Hall–Kier alpha value is -2.11. The van der Waals surface area contributed by atoms with Crippen LogP contribution in [0.4, 0.5) is 4.79 Å². The van der Waals surface area contributed by atoms with Gasteiger partial charge in [0.15, 0.2) is 5.79 Å². The Bertz CT molecular complexity index is 814. The molecule has 0 bridgehead atoms. The molecule has 1 heterocycles. The van der Waals surface area contributed by atoms with E-state index in [2.05, 4.69) is 35.6 Å². The Kier molecular flexibility index (Phi) is 4.59. The molecule has 1 atom stereocenters. The molecule has 0 aromatic heterocycles. The van der Waals surface area contributed by atoms with Crippen LogP contribution in [0.5, 0.6) is 0 Å². The summed E-state index contributed by atoms with van der Waals surface area (Å²) in [5.41, 5.74) is 3.56. The topological polar surface area (TPSA) is 56.8 Å². The van der Waals surface area contributed by atoms with Gasteiger partial charge in [-0.05, 0) is 55.0 Å². The van der Waals surface area contributed by atoms with Gasteiger partial charge in [-0.3, -0.25) is 0 Å². The summed E-state index contributed by atoms with van der Waals surface area (Å²) in [6.45, 7) is 5.63. The summed E-state index contributed by atoms with van der Waals surface area (Å²) >= 11 is 0. The van der Waals surface area contributed by atoms with E-state index in [0.717, 1.165) is 24.8 Å². The van der Waals surface area contributed by atoms with E-state index in [1.807, 2.05) is 13.8 Å². The van der Waals surface area contributed by atoms with Crippen molar-refractivity contribution in [2.75, 3.05) is 19.8 Å². The largest absolute Gasteiger partial charge is 0.450 e. The zero-order chi connectivity index (χ0) is 18.1. The van der Waals surface area contributed by atoms with Gasteiger partial charge in [0.2, 0.25) is 0 Å². The van der Waals surface area contributed by atoms with Crippen LogP contribution in [-0.2, 0) is 32.8 Å². The minimum atomic E-state index is -0.699. The van der Waals surface area contributed by atoms with Gasteiger partial charge in [0, 0.05) is 11.6 Å². The summed E-state index contributed by atoms with van der Waals surface area (Å²) in [7, 11) is 0. The molecule has 1 N–H and O–H groups in total. The second kappa shape index (κ2) is 6.89. The van der Waals surface area contributed by atoms with Gasteiger partial charge in [-0.15, -0.1) is 0 Å². The van der Waals surface area contributed by atoms with Gasteiger partial charge >= 0.3 is 6.09 Å². The first kappa shape index (κ1) is 17.3. The number of amides is 1. The van der Waals surface area contributed by atoms with Gasteiger partial charge in [0.1, 0.15) is 0 Å². The molecule has 0 radical (unpaired) electrons. The molecule has 5 nitrogen and oxygen atoms in total. The van der Waals surface area contributed by atoms with Crippen LogP contribution in [0, 0.1) is 0 Å². The molecule has 2 aromatic rings. The van der Waals surface area contributed by atoms with Gasteiger partial charge < -0.3 is 19.5 Å². The molecular weight excluding hydrogens is 330 g/mol. The Morgan fingerprint density at radius 2 is 1.92 bits per heavy atom. The van der Waals surface area contributed by atoms with Crippen molar-refractivity contribution in [3.05, 3.63) is 47.0 Å². The third-order valence-corrected chi connectivity index (χ3v) is 5.28. The maximum atomic E-state index is 11.8. The maximum Gasteiger partial charge on any atom is 0.407 e. The number of carbonyl (C=O) groups excluding carboxylic acids is 1. The van der Waals surface area contributed by atoms with Crippen LogP contribution in [0.15, 0.2) is 30.3 Å². The van der Waals surface area contributed by atoms with Crippen molar-refractivity contribution in [3.63, 3.8) is 0 Å². The lowest BCUT2D eigenvalue weighted by Crippen LogP contribution is -2.40. The summed E-state index contributed by atoms with van der Waals surface area (Å²) in [4.78, 5) is 11.8. The Morgan fingerprint density at radius 1 is 1.19 bits per heavy atom. The first-order chi connectivity index (χ1) is 12.6. The zero-order valence-electron chi connectivity index (χ0n) is 15.3. The number of benzene rings is 2. The summed E-state index contributed by atoms with van der Waals surface area (Å²) < 4.78 is 17.0. The maximum absolute atomic E-state index is 11.8. The van der Waals surface area contributed by atoms with Crippen LogP contribution in [0.1, 0.15) is 37.0 Å². The normalized spacial score (nSPS) is 21.4. The SMILES string of the molecule is CCOC(=O)NC1Cc2cccc3c(C4(C)OCCCO4)ccc(c23)C1. The highest BCUT2D eigenvalue weighted by atomic mass is 16.7. The second-order valence-electron chi connectivity index (χ2n) is 7.08. The molecule has 5 heteroatoms. The minimum absolute atomic E-state index is 0.0516. The van der Waals surface area contributed by atoms with Crippen molar-refractivity contribution in [3.8, 4) is 0 Å². The predicted molar refractivity (Wildman–Crippen MR) is 99.2 cm³/mol. The van der Waals surface area contributed by atoms with Gasteiger partial charge in [-0.25, -0.2) is 4.79 Å². The van der Waals surface area contributed by atoms with Crippen LogP contribution >= 0.6 is 0 Å². The van der Waals surface area contributed by atoms with Crippen molar-refractivity contribution < 1.29 is 19.0 Å². The number of carbonyl (C=O) groups is 1. The molecule has 138 valence electrons. The summed E-state index contributed by atoms with van der Waals surface area (Å²) in [5, 5.41) is 5.43. The van der Waals surface area contributed by atoms with E-state index in [1.165, 1.54) is 21.9 Å². The quantitative estimate of drug-likeness (QED) is 0.913. The van der Waals surface area contributed by atoms with Crippen molar-refractivity contribution in [1.29, 1.82) is 0 Å². The number of hydrogen-bond donors (Lipinski definition) is 1. The van der Waals surface area contributed by atoms with Gasteiger partial charge in [0.25, 0.3) is 0 Å². The summed E-state index contributed by atoms with van der Waals surface area (Å²) in [6.07, 6.45) is 2.18. The number of nitrogens with one attached hydrogen (secondary N) is 1. The molecule has 0 saturated carbocycles. The third-order valence-electron chi connectivity index (χ3n) is 5.28. The molecule has 2 aliphatic rings. The number of rotatable bonds is 3. The molecular formula is C21H25NO4. The first-order valence-corrected chi connectivity index (χ1v) is 9.36. The Morgan fingerprint density at radius 3 is 2.65 bits per heavy atom. The molecule has 1 saturated heterocycles. The predicted octanol–water partition coefficient (Wildman–Crippen LogP) is 3.66. The van der Waals surface area contributed by atoms with Crippen LogP contribution in [0.3, 0.4) is 0 Å². The third kappa shape index (κ3) is 3.06. The van der Waals surface area contributed by atoms with E-state index < -0.39 is 5.79 Å². The average Bonchev–Trinajstić information content (AvgIpc) is 2.62. The molecule has 2 aromatic carbocycles. The van der Waals surface area contributed by atoms with E-state index in [9.17, 15) is 4.79 Å². The number of alkyl carbamates (subject to hydrolysis) is 1. The molecule has 1 aliphatic carbocycles. The average molecular weight is 355 g/mol. The molecule has 1 amide bonds. The number of hydrogen-bond acceptors (Lipinski definition) is 4. The van der Waals surface area contributed by atoms with Gasteiger partial charge in [-0.1, -0.05) is 30.3 Å². The van der Waals surface area contributed by atoms with Crippen LogP contribution < -0.4 is 5.32 Å². The molecule has 4 rings (SSSR count). The fourth-order valence-electron chi connectivity index (χ4n) is 4.13. The van der Waals surface area contributed by atoms with Gasteiger partial charge in [-0.2, -0.15) is 0 Å². The minimum Gasteiger partial charge on any atom is -0.450 e. The molecule has 26 heavy (non-hydrogen) atoms. The van der Waals surface area contributed by atoms with Crippen molar-refractivity contribution in [2.24, 2.45) is 0 Å². The second-order valence-corrected chi connectivity index (χ2v) is 7.08. The van der Waals surface area contributed by atoms with Crippen LogP contribution in [-0.4, -0.2) is 32.0 Å². The van der Waals surface area contributed by atoms with Crippen molar-refractivity contribution >= 4 is 16.9 Å². The molecule has 1 aliphatic heterocycles. The van der Waals surface area contributed by atoms with E-state index >= 15 is 0 Å². The summed E-state index contributed by atoms with van der Waals surface area (Å²) in [6, 6.07) is 10.7. The van der Waals surface area contributed by atoms with E-state index in [4.69, 9.17) is 14.2 Å². The molecule has 1 fully saturated rings. The van der Waals surface area contributed by atoms with Crippen LogP contribution in [0.2, 0.25) is 0 Å². The fourth-order valence-corrected chi connectivity index (χ4v) is 4.13. The lowest BCUT2D eigenvalue weighted by Gasteiger charge is -2.36. The smallest absolute Gasteiger partial charge is 0.407 e. The summed E-state index contributed by atoms with van der Waals surface area (Å²) in [5.74, 6) is -0.699. The highest BCUT2D eigenvalue weighted by Gasteiger charge is 2.34. The Labute approximate surface area is 153 Å². The van der Waals surface area contributed by atoms with E-state index in [1.54, 1.807) is 0 Å². The highest BCUT2D eigenvalue weighted by molar-refractivity contribution is 5.93. The Balaban J connectivity index is 1.70. The van der Waals surface area contributed by atoms with E-state index in [0.29, 0.717) is 19.8 Å². The highest BCUT2D eigenvalue weighted by Crippen LogP contribution is 2.39.